The topological polar surface area (TPSA) is 53.0 Å². The van der Waals surface area contributed by atoms with E-state index in [0.29, 0.717) is 11.3 Å². The van der Waals surface area contributed by atoms with Crippen molar-refractivity contribution >= 4 is 17.1 Å². The SMILES string of the molecule is CCCc1ccc(N(C)c2ccc(C#N)cc2N)cc1. The van der Waals surface area contributed by atoms with Crippen LogP contribution < -0.4 is 10.6 Å². The largest absolute Gasteiger partial charge is 0.397 e. The molecule has 0 aliphatic carbocycles. The van der Waals surface area contributed by atoms with Gasteiger partial charge < -0.3 is 10.6 Å². The average Bonchev–Trinajstić information content (AvgIpc) is 2.47. The summed E-state index contributed by atoms with van der Waals surface area (Å²) >= 11 is 0. The minimum Gasteiger partial charge on any atom is -0.397 e. The standard InChI is InChI=1S/C17H19N3/c1-3-4-13-5-8-15(9-6-13)20(2)17-10-7-14(12-18)11-16(17)19/h5-11H,3-4,19H2,1-2H3. The highest BCUT2D eigenvalue weighted by Crippen LogP contribution is 2.29. The molecule has 0 spiro atoms. The summed E-state index contributed by atoms with van der Waals surface area (Å²) in [5.74, 6) is 0. The number of hydrogen-bond acceptors (Lipinski definition) is 3. The Balaban J connectivity index is 2.26. The first-order valence-electron chi connectivity index (χ1n) is 6.78. The summed E-state index contributed by atoms with van der Waals surface area (Å²) in [4.78, 5) is 2.03. The third kappa shape index (κ3) is 2.92. The summed E-state index contributed by atoms with van der Waals surface area (Å²) < 4.78 is 0. The molecule has 0 aliphatic heterocycles. The minimum atomic E-state index is 0.581. The van der Waals surface area contributed by atoms with Crippen LogP contribution in [0.1, 0.15) is 24.5 Å². The molecule has 0 unspecified atom stereocenters. The molecule has 0 aliphatic rings. The smallest absolute Gasteiger partial charge is 0.0992 e. The number of aryl methyl sites for hydroxylation is 1. The molecule has 3 heteroatoms. The molecule has 0 aromatic heterocycles. The fraction of sp³-hybridized carbons (Fsp3) is 0.235. The number of benzene rings is 2. The fourth-order valence-electron chi connectivity index (χ4n) is 2.24. The van der Waals surface area contributed by atoms with E-state index < -0.39 is 0 Å². The van der Waals surface area contributed by atoms with Gasteiger partial charge in [-0.25, -0.2) is 0 Å². The van der Waals surface area contributed by atoms with E-state index in [-0.39, 0.29) is 0 Å². The van der Waals surface area contributed by atoms with Crippen LogP contribution in [-0.4, -0.2) is 7.05 Å². The molecule has 2 aromatic carbocycles. The van der Waals surface area contributed by atoms with Crippen molar-refractivity contribution in [2.24, 2.45) is 0 Å². The van der Waals surface area contributed by atoms with Crippen molar-refractivity contribution in [1.82, 2.24) is 0 Å². The molecule has 20 heavy (non-hydrogen) atoms. The van der Waals surface area contributed by atoms with Crippen LogP contribution in [0.15, 0.2) is 42.5 Å². The normalized spacial score (nSPS) is 10.1. The Kier molecular flexibility index (Phi) is 4.27. The number of nitriles is 1. The molecule has 0 saturated heterocycles. The van der Waals surface area contributed by atoms with Crippen LogP contribution in [0.5, 0.6) is 0 Å². The first-order chi connectivity index (χ1) is 9.65. The first kappa shape index (κ1) is 14.0. The zero-order valence-electron chi connectivity index (χ0n) is 11.9. The van der Waals surface area contributed by atoms with E-state index in [2.05, 4.69) is 37.3 Å². The van der Waals surface area contributed by atoms with E-state index in [0.717, 1.165) is 24.2 Å². The zero-order chi connectivity index (χ0) is 14.5. The molecule has 3 nitrogen and oxygen atoms in total. The molecule has 0 bridgehead atoms. The van der Waals surface area contributed by atoms with E-state index in [1.165, 1.54) is 5.56 Å². The van der Waals surface area contributed by atoms with Gasteiger partial charge in [-0.3, -0.25) is 0 Å². The van der Waals surface area contributed by atoms with Crippen LogP contribution in [0.3, 0.4) is 0 Å². The number of hydrogen-bond donors (Lipinski definition) is 1. The van der Waals surface area contributed by atoms with Gasteiger partial charge in [-0.15, -0.1) is 0 Å². The predicted molar refractivity (Wildman–Crippen MR) is 84.1 cm³/mol. The van der Waals surface area contributed by atoms with Crippen LogP contribution in [0.4, 0.5) is 17.1 Å². The molecular weight excluding hydrogens is 246 g/mol. The third-order valence-corrected chi connectivity index (χ3v) is 3.38. The number of anilines is 3. The second-order valence-corrected chi connectivity index (χ2v) is 4.86. The Morgan fingerprint density at radius 3 is 2.40 bits per heavy atom. The molecule has 0 atom stereocenters. The molecule has 2 aromatic rings. The molecular formula is C17H19N3. The van der Waals surface area contributed by atoms with Crippen molar-refractivity contribution < 1.29 is 0 Å². The average molecular weight is 265 g/mol. The summed E-state index contributed by atoms with van der Waals surface area (Å²) in [6.45, 7) is 2.18. The molecule has 2 rings (SSSR count). The lowest BCUT2D eigenvalue weighted by Crippen LogP contribution is -2.11. The summed E-state index contributed by atoms with van der Waals surface area (Å²) in [5.41, 5.74) is 10.6. The quantitative estimate of drug-likeness (QED) is 0.854. The zero-order valence-corrected chi connectivity index (χ0v) is 11.9. The van der Waals surface area contributed by atoms with E-state index >= 15 is 0 Å². The van der Waals surface area contributed by atoms with Gasteiger partial charge in [-0.05, 0) is 42.3 Å². The Hall–Kier alpha value is -2.47. The summed E-state index contributed by atoms with van der Waals surface area (Å²) in [7, 11) is 1.98. The first-order valence-corrected chi connectivity index (χ1v) is 6.78. The lowest BCUT2D eigenvalue weighted by molar-refractivity contribution is 0.921. The van der Waals surface area contributed by atoms with Crippen LogP contribution in [-0.2, 0) is 6.42 Å². The molecule has 0 fully saturated rings. The monoisotopic (exact) mass is 265 g/mol. The Labute approximate surface area is 120 Å². The van der Waals surface area contributed by atoms with Gasteiger partial charge in [0.1, 0.15) is 0 Å². The van der Waals surface area contributed by atoms with E-state index in [1.54, 1.807) is 12.1 Å². The highest BCUT2D eigenvalue weighted by atomic mass is 15.1. The van der Waals surface area contributed by atoms with Gasteiger partial charge in [-0.1, -0.05) is 25.5 Å². The molecule has 0 radical (unpaired) electrons. The number of rotatable bonds is 4. The Morgan fingerprint density at radius 1 is 1.15 bits per heavy atom. The van der Waals surface area contributed by atoms with Crippen LogP contribution in [0, 0.1) is 11.3 Å². The lowest BCUT2D eigenvalue weighted by atomic mass is 10.1. The number of nitrogens with two attached hydrogens (primary N) is 1. The lowest BCUT2D eigenvalue weighted by Gasteiger charge is -2.21. The second kappa shape index (κ2) is 6.12. The van der Waals surface area contributed by atoms with Crippen LogP contribution in [0.2, 0.25) is 0 Å². The van der Waals surface area contributed by atoms with Crippen LogP contribution in [0.25, 0.3) is 0 Å². The van der Waals surface area contributed by atoms with Gasteiger partial charge in [0.25, 0.3) is 0 Å². The summed E-state index contributed by atoms with van der Waals surface area (Å²) in [6, 6.07) is 16.0. The summed E-state index contributed by atoms with van der Waals surface area (Å²) in [6.07, 6.45) is 2.25. The molecule has 0 saturated carbocycles. The number of nitrogen functional groups attached to an aromatic ring is 1. The molecule has 0 heterocycles. The maximum absolute atomic E-state index is 8.87. The highest BCUT2D eigenvalue weighted by Gasteiger charge is 2.08. The van der Waals surface area contributed by atoms with Gasteiger partial charge in [0, 0.05) is 12.7 Å². The van der Waals surface area contributed by atoms with Gasteiger partial charge in [0.05, 0.1) is 23.0 Å². The third-order valence-electron chi connectivity index (χ3n) is 3.38. The van der Waals surface area contributed by atoms with E-state index in [4.69, 9.17) is 11.0 Å². The number of nitrogens with zero attached hydrogens (tertiary/aromatic N) is 2. The molecule has 0 amide bonds. The van der Waals surface area contributed by atoms with Crippen molar-refractivity contribution in [3.63, 3.8) is 0 Å². The maximum atomic E-state index is 8.87. The van der Waals surface area contributed by atoms with Crippen LogP contribution >= 0.6 is 0 Å². The Bertz CT molecular complexity index is 624. The molecule has 2 N–H and O–H groups in total. The Morgan fingerprint density at radius 2 is 1.85 bits per heavy atom. The van der Waals surface area contributed by atoms with Crippen molar-refractivity contribution in [3.8, 4) is 6.07 Å². The van der Waals surface area contributed by atoms with Gasteiger partial charge in [0.15, 0.2) is 0 Å². The predicted octanol–water partition coefficient (Wildman–Crippen LogP) is 3.86. The maximum Gasteiger partial charge on any atom is 0.0992 e. The minimum absolute atomic E-state index is 0.581. The summed E-state index contributed by atoms with van der Waals surface area (Å²) in [5, 5.41) is 8.87. The van der Waals surface area contributed by atoms with Gasteiger partial charge in [-0.2, -0.15) is 5.26 Å². The van der Waals surface area contributed by atoms with Gasteiger partial charge in [0.2, 0.25) is 0 Å². The van der Waals surface area contributed by atoms with Crippen molar-refractivity contribution in [3.05, 3.63) is 53.6 Å². The van der Waals surface area contributed by atoms with E-state index in [9.17, 15) is 0 Å². The van der Waals surface area contributed by atoms with Crippen molar-refractivity contribution in [1.29, 1.82) is 5.26 Å². The van der Waals surface area contributed by atoms with Crippen molar-refractivity contribution in [2.45, 2.75) is 19.8 Å². The molecule has 102 valence electrons. The van der Waals surface area contributed by atoms with Gasteiger partial charge >= 0.3 is 0 Å². The second-order valence-electron chi connectivity index (χ2n) is 4.86. The highest BCUT2D eigenvalue weighted by molar-refractivity contribution is 5.75. The fourth-order valence-corrected chi connectivity index (χ4v) is 2.24. The van der Waals surface area contributed by atoms with Crippen molar-refractivity contribution in [2.75, 3.05) is 17.7 Å². The van der Waals surface area contributed by atoms with E-state index in [1.807, 2.05) is 18.0 Å².